The van der Waals surface area contributed by atoms with Gasteiger partial charge in [-0.05, 0) is 41.6 Å². The number of rotatable bonds is 5. The lowest BCUT2D eigenvalue weighted by Crippen LogP contribution is -2.27. The van der Waals surface area contributed by atoms with E-state index in [1.807, 2.05) is 10.9 Å². The fourth-order valence-corrected chi connectivity index (χ4v) is 2.04. The number of hydrogen-bond donors (Lipinski definition) is 1. The van der Waals surface area contributed by atoms with Crippen LogP contribution in [-0.2, 0) is 13.0 Å². The first-order chi connectivity index (χ1) is 7.06. The number of halogens is 1. The Labute approximate surface area is 100 Å². The smallest absolute Gasteiger partial charge is 0.0635 e. The van der Waals surface area contributed by atoms with Crippen molar-refractivity contribution in [3.63, 3.8) is 0 Å². The molecular weight excluding hydrogens is 254 g/mol. The lowest BCUT2D eigenvalue weighted by atomic mass is 9.99. The Hall–Kier alpha value is -0.350. The minimum absolute atomic E-state index is 0.275. The van der Waals surface area contributed by atoms with Gasteiger partial charge in [0.25, 0.3) is 0 Å². The van der Waals surface area contributed by atoms with Crippen molar-refractivity contribution in [2.45, 2.75) is 46.2 Å². The number of aryl methyl sites for hydroxylation is 1. The van der Waals surface area contributed by atoms with E-state index in [4.69, 9.17) is 5.73 Å². The monoisotopic (exact) mass is 273 g/mol. The van der Waals surface area contributed by atoms with Gasteiger partial charge in [0.15, 0.2) is 0 Å². The standard InChI is InChI=1S/C11H20BrN3/c1-4-15-11(9(12)7-14-15)6-5-10(13)8(2)3/h7-8,10H,4-6,13H2,1-3H3. The number of nitrogens with two attached hydrogens (primary N) is 1. The summed E-state index contributed by atoms with van der Waals surface area (Å²) >= 11 is 3.52. The third kappa shape index (κ3) is 3.31. The summed E-state index contributed by atoms with van der Waals surface area (Å²) in [6.45, 7) is 7.34. The molecule has 1 unspecified atom stereocenters. The maximum absolute atomic E-state index is 6.03. The van der Waals surface area contributed by atoms with Crippen molar-refractivity contribution >= 4 is 15.9 Å². The van der Waals surface area contributed by atoms with Gasteiger partial charge >= 0.3 is 0 Å². The molecule has 1 atom stereocenters. The molecule has 0 radical (unpaired) electrons. The quantitative estimate of drug-likeness (QED) is 0.896. The summed E-state index contributed by atoms with van der Waals surface area (Å²) in [4.78, 5) is 0. The average Bonchev–Trinajstić information content (AvgIpc) is 2.55. The molecule has 4 heteroatoms. The van der Waals surface area contributed by atoms with Gasteiger partial charge in [-0.2, -0.15) is 5.10 Å². The Balaban J connectivity index is 2.60. The lowest BCUT2D eigenvalue weighted by Gasteiger charge is -2.15. The van der Waals surface area contributed by atoms with Crippen LogP contribution in [0.1, 0.15) is 32.9 Å². The molecule has 0 bridgehead atoms. The predicted octanol–water partition coefficient (Wildman–Crippen LogP) is 2.58. The van der Waals surface area contributed by atoms with Crippen LogP contribution in [0.4, 0.5) is 0 Å². The summed E-state index contributed by atoms with van der Waals surface area (Å²) in [6.07, 6.45) is 3.87. The van der Waals surface area contributed by atoms with E-state index in [1.165, 1.54) is 5.69 Å². The molecule has 1 rings (SSSR count). The molecule has 0 saturated heterocycles. The van der Waals surface area contributed by atoms with Crippen molar-refractivity contribution in [1.82, 2.24) is 9.78 Å². The zero-order valence-electron chi connectivity index (χ0n) is 9.70. The van der Waals surface area contributed by atoms with Crippen LogP contribution in [-0.4, -0.2) is 15.8 Å². The molecule has 0 amide bonds. The molecule has 0 spiro atoms. The van der Waals surface area contributed by atoms with Gasteiger partial charge in [0.1, 0.15) is 0 Å². The van der Waals surface area contributed by atoms with Gasteiger partial charge in [-0.3, -0.25) is 4.68 Å². The second-order valence-corrected chi connectivity index (χ2v) is 5.06. The summed E-state index contributed by atoms with van der Waals surface area (Å²) in [5, 5.41) is 4.29. The minimum atomic E-state index is 0.275. The van der Waals surface area contributed by atoms with E-state index in [0.29, 0.717) is 5.92 Å². The van der Waals surface area contributed by atoms with Gasteiger partial charge < -0.3 is 5.73 Å². The largest absolute Gasteiger partial charge is 0.327 e. The predicted molar refractivity (Wildman–Crippen MR) is 66.7 cm³/mol. The molecule has 0 aliphatic rings. The third-order valence-electron chi connectivity index (χ3n) is 2.77. The number of aromatic nitrogens is 2. The summed E-state index contributed by atoms with van der Waals surface area (Å²) < 4.78 is 3.12. The number of nitrogens with zero attached hydrogens (tertiary/aromatic N) is 2. The number of hydrogen-bond acceptors (Lipinski definition) is 2. The van der Waals surface area contributed by atoms with E-state index in [2.05, 4.69) is 41.8 Å². The summed E-state index contributed by atoms with van der Waals surface area (Å²) in [5.41, 5.74) is 7.29. The van der Waals surface area contributed by atoms with Crippen molar-refractivity contribution < 1.29 is 0 Å². The first-order valence-electron chi connectivity index (χ1n) is 5.52. The fourth-order valence-electron chi connectivity index (χ4n) is 1.55. The van der Waals surface area contributed by atoms with Crippen LogP contribution in [0.5, 0.6) is 0 Å². The highest BCUT2D eigenvalue weighted by Gasteiger charge is 2.12. The van der Waals surface area contributed by atoms with Crippen LogP contribution in [0.25, 0.3) is 0 Å². The Kier molecular flexibility index (Phi) is 4.80. The van der Waals surface area contributed by atoms with Gasteiger partial charge in [0.05, 0.1) is 16.4 Å². The molecule has 1 aromatic heterocycles. The first-order valence-corrected chi connectivity index (χ1v) is 6.31. The van der Waals surface area contributed by atoms with E-state index in [0.717, 1.165) is 23.9 Å². The second kappa shape index (κ2) is 5.66. The van der Waals surface area contributed by atoms with E-state index < -0.39 is 0 Å². The van der Waals surface area contributed by atoms with Gasteiger partial charge in [-0.1, -0.05) is 13.8 Å². The van der Waals surface area contributed by atoms with Gasteiger partial charge in [-0.15, -0.1) is 0 Å². The highest BCUT2D eigenvalue weighted by molar-refractivity contribution is 9.10. The molecule has 2 N–H and O–H groups in total. The molecule has 0 fully saturated rings. The second-order valence-electron chi connectivity index (χ2n) is 4.20. The van der Waals surface area contributed by atoms with Crippen molar-refractivity contribution in [3.05, 3.63) is 16.4 Å². The maximum atomic E-state index is 6.03. The Morgan fingerprint density at radius 2 is 2.20 bits per heavy atom. The summed E-state index contributed by atoms with van der Waals surface area (Å²) in [7, 11) is 0. The zero-order valence-corrected chi connectivity index (χ0v) is 11.3. The van der Waals surface area contributed by atoms with Crippen molar-refractivity contribution in [2.24, 2.45) is 11.7 Å². The highest BCUT2D eigenvalue weighted by atomic mass is 79.9. The van der Waals surface area contributed by atoms with Gasteiger partial charge in [-0.25, -0.2) is 0 Å². The van der Waals surface area contributed by atoms with Gasteiger partial charge in [0.2, 0.25) is 0 Å². The van der Waals surface area contributed by atoms with Crippen molar-refractivity contribution in [1.29, 1.82) is 0 Å². The van der Waals surface area contributed by atoms with E-state index in [9.17, 15) is 0 Å². The summed E-state index contributed by atoms with van der Waals surface area (Å²) in [5.74, 6) is 0.543. The summed E-state index contributed by atoms with van der Waals surface area (Å²) in [6, 6.07) is 0.275. The van der Waals surface area contributed by atoms with Crippen LogP contribution < -0.4 is 5.73 Å². The fraction of sp³-hybridized carbons (Fsp3) is 0.727. The molecule has 0 aliphatic carbocycles. The van der Waals surface area contributed by atoms with E-state index in [-0.39, 0.29) is 6.04 Å². The van der Waals surface area contributed by atoms with Crippen LogP contribution in [0, 0.1) is 5.92 Å². The Bertz CT molecular complexity index is 307. The molecule has 86 valence electrons. The third-order valence-corrected chi connectivity index (χ3v) is 3.43. The molecular formula is C11H20BrN3. The van der Waals surface area contributed by atoms with Crippen LogP contribution in [0.15, 0.2) is 10.7 Å². The maximum Gasteiger partial charge on any atom is 0.0635 e. The highest BCUT2D eigenvalue weighted by Crippen LogP contribution is 2.19. The Morgan fingerprint density at radius 3 is 2.73 bits per heavy atom. The zero-order chi connectivity index (χ0) is 11.4. The SMILES string of the molecule is CCn1ncc(Br)c1CCC(N)C(C)C. The molecule has 15 heavy (non-hydrogen) atoms. The normalized spacial score (nSPS) is 13.5. The molecule has 1 heterocycles. The van der Waals surface area contributed by atoms with Crippen molar-refractivity contribution in [3.8, 4) is 0 Å². The lowest BCUT2D eigenvalue weighted by molar-refractivity contribution is 0.456. The molecule has 1 aromatic rings. The average molecular weight is 274 g/mol. The molecule has 3 nitrogen and oxygen atoms in total. The van der Waals surface area contributed by atoms with Crippen LogP contribution in [0.2, 0.25) is 0 Å². The van der Waals surface area contributed by atoms with Crippen LogP contribution >= 0.6 is 15.9 Å². The van der Waals surface area contributed by atoms with Crippen molar-refractivity contribution in [2.75, 3.05) is 0 Å². The van der Waals surface area contributed by atoms with Gasteiger partial charge in [0, 0.05) is 12.6 Å². The molecule has 0 aromatic carbocycles. The molecule has 0 aliphatic heterocycles. The Morgan fingerprint density at radius 1 is 1.53 bits per heavy atom. The minimum Gasteiger partial charge on any atom is -0.327 e. The van der Waals surface area contributed by atoms with E-state index in [1.54, 1.807) is 0 Å². The first kappa shape index (κ1) is 12.7. The van der Waals surface area contributed by atoms with Crippen LogP contribution in [0.3, 0.4) is 0 Å². The topological polar surface area (TPSA) is 43.8 Å². The molecule has 0 saturated carbocycles. The van der Waals surface area contributed by atoms with E-state index >= 15 is 0 Å².